The van der Waals surface area contributed by atoms with Gasteiger partial charge in [-0.1, -0.05) is 18.2 Å². The van der Waals surface area contributed by atoms with E-state index in [1.807, 2.05) is 44.2 Å². The highest BCUT2D eigenvalue weighted by Crippen LogP contribution is 2.38. The summed E-state index contributed by atoms with van der Waals surface area (Å²) in [5, 5.41) is 2.83. The number of hydrogen-bond acceptors (Lipinski definition) is 8. The molecule has 0 spiro atoms. The number of ether oxygens (including phenoxy) is 2. The molecular weight excluding hydrogens is 555 g/mol. The molecular formula is C29H34F3N5O3S. The van der Waals surface area contributed by atoms with Crippen LogP contribution in [0.25, 0.3) is 10.7 Å². The number of halogens is 3. The van der Waals surface area contributed by atoms with E-state index in [0.29, 0.717) is 36.8 Å². The lowest BCUT2D eigenvalue weighted by Gasteiger charge is -2.37. The number of alkyl halides is 3. The molecule has 3 atom stereocenters. The molecule has 0 saturated carbocycles. The van der Waals surface area contributed by atoms with E-state index in [1.165, 1.54) is 6.20 Å². The van der Waals surface area contributed by atoms with Crippen LogP contribution < -0.4 is 10.2 Å². The Kier molecular flexibility index (Phi) is 8.93. The Hall–Kier alpha value is -3.06. The third-order valence-electron chi connectivity index (χ3n) is 7.20. The van der Waals surface area contributed by atoms with Crippen molar-refractivity contribution < 1.29 is 27.4 Å². The fourth-order valence-electron chi connectivity index (χ4n) is 5.25. The van der Waals surface area contributed by atoms with Gasteiger partial charge < -0.3 is 19.7 Å². The summed E-state index contributed by atoms with van der Waals surface area (Å²) in [4.78, 5) is 25.5. The van der Waals surface area contributed by atoms with Gasteiger partial charge in [0.05, 0.1) is 31.5 Å². The second kappa shape index (κ2) is 12.4. The first kappa shape index (κ1) is 29.4. The van der Waals surface area contributed by atoms with Gasteiger partial charge in [0.2, 0.25) is 0 Å². The highest BCUT2D eigenvalue weighted by atomic mass is 32.1. The van der Waals surface area contributed by atoms with E-state index < -0.39 is 28.7 Å². The summed E-state index contributed by atoms with van der Waals surface area (Å²) in [5.74, 6) is -0.821. The largest absolute Gasteiger partial charge is 0.435 e. The third-order valence-corrected chi connectivity index (χ3v) is 8.26. The lowest BCUT2D eigenvalue weighted by Crippen LogP contribution is -2.45. The van der Waals surface area contributed by atoms with E-state index in [9.17, 15) is 18.0 Å². The van der Waals surface area contributed by atoms with Crippen LogP contribution in [0, 0.1) is 0 Å². The van der Waals surface area contributed by atoms with E-state index in [1.54, 1.807) is 13.0 Å². The topological polar surface area (TPSA) is 79.8 Å². The molecule has 41 heavy (non-hydrogen) atoms. The van der Waals surface area contributed by atoms with Gasteiger partial charge in [0.25, 0.3) is 5.91 Å². The van der Waals surface area contributed by atoms with Gasteiger partial charge in [-0.3, -0.25) is 14.7 Å². The van der Waals surface area contributed by atoms with Crippen LogP contribution in [0.15, 0.2) is 42.6 Å². The van der Waals surface area contributed by atoms with Crippen LogP contribution >= 0.6 is 11.3 Å². The SMILES string of the molecule is CC(NC(=O)c1sc(-c2ncccc2CN2CCOCC2)nc1C(F)(F)F)c1cccc(N2C[C@@H](C)O[C@@H](C)C2)c1. The number of carbonyl (C=O) groups is 1. The van der Waals surface area contributed by atoms with Crippen LogP contribution in [-0.4, -0.2) is 72.4 Å². The van der Waals surface area contributed by atoms with Gasteiger partial charge in [0.1, 0.15) is 15.6 Å². The van der Waals surface area contributed by atoms with Gasteiger partial charge in [-0.2, -0.15) is 13.2 Å². The van der Waals surface area contributed by atoms with Gasteiger partial charge >= 0.3 is 6.18 Å². The van der Waals surface area contributed by atoms with Gasteiger partial charge in [-0.25, -0.2) is 4.98 Å². The first-order valence-electron chi connectivity index (χ1n) is 13.7. The number of anilines is 1. The maximum Gasteiger partial charge on any atom is 0.435 e. The van der Waals surface area contributed by atoms with Crippen LogP contribution in [-0.2, 0) is 22.2 Å². The first-order chi connectivity index (χ1) is 19.6. The Bertz CT molecular complexity index is 1350. The zero-order valence-corrected chi connectivity index (χ0v) is 24.1. The molecule has 12 heteroatoms. The van der Waals surface area contributed by atoms with Crippen molar-refractivity contribution >= 4 is 22.9 Å². The minimum atomic E-state index is -4.80. The second-order valence-corrected chi connectivity index (χ2v) is 11.5. The molecule has 2 saturated heterocycles. The van der Waals surface area contributed by atoms with Crippen LogP contribution in [0.1, 0.15) is 53.3 Å². The quantitative estimate of drug-likeness (QED) is 0.408. The summed E-state index contributed by atoms with van der Waals surface area (Å²) in [5.41, 5.74) is 1.67. The van der Waals surface area contributed by atoms with Crippen molar-refractivity contribution in [2.24, 2.45) is 0 Å². The fraction of sp³-hybridized carbons (Fsp3) is 0.483. The number of nitrogens with one attached hydrogen (secondary N) is 1. The number of pyridine rings is 1. The predicted octanol–water partition coefficient (Wildman–Crippen LogP) is 5.16. The summed E-state index contributed by atoms with van der Waals surface area (Å²) in [7, 11) is 0. The van der Waals surface area contributed by atoms with Crippen LogP contribution in [0.2, 0.25) is 0 Å². The van der Waals surface area contributed by atoms with Crippen molar-refractivity contribution in [2.75, 3.05) is 44.3 Å². The molecule has 1 N–H and O–H groups in total. The maximum atomic E-state index is 14.1. The van der Waals surface area contributed by atoms with Crippen LogP contribution in [0.5, 0.6) is 0 Å². The molecule has 0 radical (unpaired) electrons. The van der Waals surface area contributed by atoms with E-state index in [0.717, 1.165) is 43.0 Å². The van der Waals surface area contributed by atoms with Crippen molar-refractivity contribution in [1.29, 1.82) is 0 Å². The van der Waals surface area contributed by atoms with Crippen molar-refractivity contribution in [3.63, 3.8) is 0 Å². The van der Waals surface area contributed by atoms with Crippen molar-refractivity contribution in [3.05, 3.63) is 64.3 Å². The number of hydrogen-bond donors (Lipinski definition) is 1. The maximum absolute atomic E-state index is 14.1. The molecule has 2 aliphatic heterocycles. The number of amides is 1. The average Bonchev–Trinajstić information content (AvgIpc) is 3.40. The first-order valence-corrected chi connectivity index (χ1v) is 14.5. The summed E-state index contributed by atoms with van der Waals surface area (Å²) in [6.07, 6.45) is -3.12. The van der Waals surface area contributed by atoms with Gasteiger partial charge in [0, 0.05) is 44.6 Å². The van der Waals surface area contributed by atoms with Gasteiger partial charge in [-0.15, -0.1) is 11.3 Å². The Morgan fingerprint density at radius 1 is 1.15 bits per heavy atom. The molecule has 2 aliphatic rings. The number of thiazole rings is 1. The Morgan fingerprint density at radius 3 is 2.59 bits per heavy atom. The summed E-state index contributed by atoms with van der Waals surface area (Å²) in [6.45, 7) is 10.4. The van der Waals surface area contributed by atoms with Crippen LogP contribution in [0.4, 0.5) is 18.9 Å². The number of carbonyl (C=O) groups excluding carboxylic acids is 1. The van der Waals surface area contributed by atoms with Crippen molar-refractivity contribution in [2.45, 2.75) is 51.7 Å². The number of nitrogens with zero attached hydrogens (tertiary/aromatic N) is 4. The lowest BCUT2D eigenvalue weighted by molar-refractivity contribution is -0.141. The molecule has 8 nitrogen and oxygen atoms in total. The summed E-state index contributed by atoms with van der Waals surface area (Å²) >= 11 is 0.716. The summed E-state index contributed by atoms with van der Waals surface area (Å²) in [6, 6.07) is 10.7. The van der Waals surface area contributed by atoms with Crippen molar-refractivity contribution in [3.8, 4) is 10.7 Å². The van der Waals surface area contributed by atoms with E-state index in [2.05, 4.69) is 25.1 Å². The molecule has 2 fully saturated rings. The fourth-order valence-corrected chi connectivity index (χ4v) is 6.27. The number of aromatic nitrogens is 2. The zero-order valence-electron chi connectivity index (χ0n) is 23.3. The zero-order chi connectivity index (χ0) is 29.1. The minimum absolute atomic E-state index is 0.0662. The highest BCUT2D eigenvalue weighted by molar-refractivity contribution is 7.17. The molecule has 0 bridgehead atoms. The molecule has 4 heterocycles. The minimum Gasteiger partial charge on any atom is -0.379 e. The molecule has 220 valence electrons. The third kappa shape index (κ3) is 7.06. The molecule has 1 aromatic carbocycles. The molecule has 5 rings (SSSR count). The molecule has 1 amide bonds. The molecule has 3 aromatic rings. The smallest absolute Gasteiger partial charge is 0.379 e. The molecule has 2 aromatic heterocycles. The Balaban J connectivity index is 1.38. The number of rotatable bonds is 7. The second-order valence-electron chi connectivity index (χ2n) is 10.5. The van der Waals surface area contributed by atoms with Gasteiger partial charge in [0.15, 0.2) is 5.69 Å². The van der Waals surface area contributed by atoms with Crippen LogP contribution in [0.3, 0.4) is 0 Å². The predicted molar refractivity (Wildman–Crippen MR) is 151 cm³/mol. The number of morpholine rings is 2. The van der Waals surface area contributed by atoms with E-state index >= 15 is 0 Å². The standard InChI is InChI=1S/C29H34F3N5O3S/c1-18-15-37(16-19(2)40-18)23-8-4-6-21(14-23)20(3)34-27(38)25-26(29(30,31)32)35-28(41-25)24-22(7-5-9-33-24)17-36-10-12-39-13-11-36/h4-9,14,18-20H,10-13,15-17H2,1-3H3,(H,34,38)/t18-,19+,20?. The average molecular weight is 590 g/mol. The highest BCUT2D eigenvalue weighted by Gasteiger charge is 2.40. The van der Waals surface area contributed by atoms with E-state index in [-0.39, 0.29) is 17.2 Å². The normalized spacial score (nSPS) is 21.1. The summed E-state index contributed by atoms with van der Waals surface area (Å²) < 4.78 is 53.5. The van der Waals surface area contributed by atoms with E-state index in [4.69, 9.17) is 9.47 Å². The Morgan fingerprint density at radius 2 is 1.88 bits per heavy atom. The monoisotopic (exact) mass is 589 g/mol. The van der Waals surface area contributed by atoms with Crippen molar-refractivity contribution in [1.82, 2.24) is 20.2 Å². The molecule has 0 aliphatic carbocycles. The number of benzene rings is 1. The molecule has 1 unspecified atom stereocenters. The van der Waals surface area contributed by atoms with Gasteiger partial charge in [-0.05, 0) is 50.1 Å². The Labute approximate surface area is 241 Å². The lowest BCUT2D eigenvalue weighted by atomic mass is 10.1.